The third-order valence-corrected chi connectivity index (χ3v) is 12.7. The predicted octanol–water partition coefficient (Wildman–Crippen LogP) is 4.50. The summed E-state index contributed by atoms with van der Waals surface area (Å²) in [7, 11) is 1.53. The van der Waals surface area contributed by atoms with Crippen LogP contribution < -0.4 is 5.32 Å². The van der Waals surface area contributed by atoms with Gasteiger partial charge in [0.1, 0.15) is 41.4 Å². The van der Waals surface area contributed by atoms with E-state index in [9.17, 15) is 25.2 Å². The monoisotopic (exact) mass is 772 g/mol. The van der Waals surface area contributed by atoms with Crippen molar-refractivity contribution in [2.24, 2.45) is 17.8 Å². The zero-order valence-corrected chi connectivity index (χ0v) is 35.0. The second kappa shape index (κ2) is 18.5. The van der Waals surface area contributed by atoms with Gasteiger partial charge in [-0.15, -0.1) is 0 Å². The number of carbonyl (C=O) groups excluding carboxylic acids is 1. The van der Waals surface area contributed by atoms with Gasteiger partial charge in [-0.25, -0.2) is 0 Å². The summed E-state index contributed by atoms with van der Waals surface area (Å²) in [5.74, 6) is -2.26. The highest BCUT2D eigenvalue weighted by Crippen LogP contribution is 2.48. The van der Waals surface area contributed by atoms with Gasteiger partial charge in [0.05, 0.1) is 41.9 Å². The van der Waals surface area contributed by atoms with Gasteiger partial charge in [-0.3, -0.25) is 4.79 Å². The Labute approximate surface area is 323 Å². The number of hydrogen-bond donors (Lipinski definition) is 5. The summed E-state index contributed by atoms with van der Waals surface area (Å²) in [5.41, 5.74) is -2.96. The lowest BCUT2D eigenvalue weighted by Crippen LogP contribution is -2.60. The van der Waals surface area contributed by atoms with Crippen LogP contribution in [0.4, 0.5) is 0 Å². The van der Waals surface area contributed by atoms with Crippen LogP contribution in [0.3, 0.4) is 0 Å². The van der Waals surface area contributed by atoms with E-state index in [1.165, 1.54) is 14.0 Å². The number of nitrogens with one attached hydrogen (secondary N) is 1. The summed E-state index contributed by atoms with van der Waals surface area (Å²) in [6.45, 7) is 21.1. The molecule has 4 heterocycles. The van der Waals surface area contributed by atoms with Crippen LogP contribution in [0.2, 0.25) is 0 Å². The summed E-state index contributed by atoms with van der Waals surface area (Å²) >= 11 is 0. The first-order valence-corrected chi connectivity index (χ1v) is 20.5. The molecule has 4 aliphatic rings. The van der Waals surface area contributed by atoms with Crippen LogP contribution in [-0.4, -0.2) is 124 Å². The van der Waals surface area contributed by atoms with Gasteiger partial charge in [0.25, 0.3) is 0 Å². The first-order valence-electron chi connectivity index (χ1n) is 20.5. The molecule has 0 radical (unpaired) electrons. The van der Waals surface area contributed by atoms with Crippen molar-refractivity contribution < 1.29 is 58.4 Å². The van der Waals surface area contributed by atoms with Crippen molar-refractivity contribution in [2.45, 2.75) is 212 Å². The molecule has 0 amide bonds. The van der Waals surface area contributed by atoms with Crippen LogP contribution >= 0.6 is 0 Å². The number of esters is 1. The van der Waals surface area contributed by atoms with Crippen LogP contribution in [-0.2, 0) is 38.0 Å². The topological polar surface area (TPSA) is 175 Å². The average molecular weight is 772 g/mol. The summed E-state index contributed by atoms with van der Waals surface area (Å²) in [5, 5.41) is 49.1. The van der Waals surface area contributed by atoms with Crippen molar-refractivity contribution in [3.63, 3.8) is 0 Å². The van der Waals surface area contributed by atoms with E-state index in [0.29, 0.717) is 18.6 Å². The van der Waals surface area contributed by atoms with Gasteiger partial charge in [0.15, 0.2) is 12.6 Å². The molecule has 5 unspecified atom stereocenters. The molecule has 3 fully saturated rings. The Morgan fingerprint density at radius 1 is 1.02 bits per heavy atom. The van der Waals surface area contributed by atoms with Crippen molar-refractivity contribution in [3.8, 4) is 0 Å². The molecule has 314 valence electrons. The van der Waals surface area contributed by atoms with E-state index in [2.05, 4.69) is 12.2 Å². The largest absolute Gasteiger partial charge is 0.488 e. The second-order valence-electron chi connectivity index (χ2n) is 17.4. The fourth-order valence-corrected chi connectivity index (χ4v) is 9.28. The fourth-order valence-electron chi connectivity index (χ4n) is 9.28. The van der Waals surface area contributed by atoms with Gasteiger partial charge in [-0.05, 0) is 79.8 Å². The van der Waals surface area contributed by atoms with Crippen LogP contribution in [0.5, 0.6) is 0 Å². The van der Waals surface area contributed by atoms with Gasteiger partial charge in [0, 0.05) is 31.9 Å². The van der Waals surface area contributed by atoms with E-state index in [4.69, 9.17) is 33.2 Å². The number of unbranched alkanes of at least 4 members (excludes halogenated alkanes) is 3. The van der Waals surface area contributed by atoms with Crippen molar-refractivity contribution in [2.75, 3.05) is 13.7 Å². The number of aliphatic hydroxyl groups is 4. The maximum absolute atomic E-state index is 14.4. The number of carbonyl (C=O) groups is 1. The molecule has 0 aromatic rings. The molecule has 0 saturated carbocycles. The molecule has 3 saturated heterocycles. The minimum absolute atomic E-state index is 0.175. The van der Waals surface area contributed by atoms with Crippen LogP contribution in [0.25, 0.3) is 0 Å². The Morgan fingerprint density at radius 2 is 1.70 bits per heavy atom. The van der Waals surface area contributed by atoms with E-state index < -0.39 is 95.8 Å². The lowest BCUT2D eigenvalue weighted by Gasteiger charge is -2.48. The molecule has 17 atom stereocenters. The van der Waals surface area contributed by atoms with Crippen molar-refractivity contribution >= 4 is 5.97 Å². The third kappa shape index (κ3) is 9.65. The van der Waals surface area contributed by atoms with E-state index >= 15 is 0 Å². The fraction of sp³-hybridized carbons (Fsp3) is 0.927. The van der Waals surface area contributed by atoms with Crippen LogP contribution in [0.15, 0.2) is 11.3 Å². The smallest absolute Gasteiger partial charge is 0.311 e. The average Bonchev–Trinajstić information content (AvgIpc) is 3.44. The first-order chi connectivity index (χ1) is 25.2. The molecule has 4 aliphatic heterocycles. The normalized spacial score (nSPS) is 43.9. The Bertz CT molecular complexity index is 1260. The predicted molar refractivity (Wildman–Crippen MR) is 202 cm³/mol. The Balaban J connectivity index is 1.77. The van der Waals surface area contributed by atoms with Gasteiger partial charge in [0.2, 0.25) is 0 Å². The summed E-state index contributed by atoms with van der Waals surface area (Å²) in [4.78, 5) is 14.4. The highest BCUT2D eigenvalue weighted by atomic mass is 16.7. The van der Waals surface area contributed by atoms with Gasteiger partial charge in [-0.2, -0.15) is 0 Å². The standard InChI is InChI=1S/C41H73NO12/c1-13-15-16-17-18-42-28-19-23(4)49-38(31(28)44)53-35-25(6)33(51-30-21-39(9,48-12)34(45)27(8)50-30)26(7)37(46)52-36(41(11,47)29(43)14-2)24(5)32-22(3)20-40(35,10)54-32/h23-31,33-36,38,42-45,47H,13-21H2,1-12H3/t23?,24-,25-,26+,27?,28?,29+,30-,31?,33-,34-,35+,36+,38-,39?,40+,41+/m0/s1. The zero-order chi connectivity index (χ0) is 40.3. The lowest BCUT2D eigenvalue weighted by molar-refractivity contribution is -0.314. The third-order valence-electron chi connectivity index (χ3n) is 12.7. The highest BCUT2D eigenvalue weighted by molar-refractivity contribution is 5.73. The van der Waals surface area contributed by atoms with Gasteiger partial charge < -0.3 is 58.9 Å². The SMILES string of the molecule is CCCCCCNC1CC(C)O[C@@H](O[C@@H]2[C@@H](C)[C@H](O[C@H]3CC(C)(OC)[C@@H](O)C(C)O3)[C@@H](C)C(=O)O[C@@H]([C@](C)(O)[C@H](O)CC)[C@@H](C)C3=C(C)C[C@@]2(C)O3)C1O. The van der Waals surface area contributed by atoms with Gasteiger partial charge in [-0.1, -0.05) is 47.0 Å². The molecule has 0 aromatic carbocycles. The molecule has 0 spiro atoms. The molecule has 2 bridgehead atoms. The molecule has 54 heavy (non-hydrogen) atoms. The number of hydrogen-bond acceptors (Lipinski definition) is 13. The first kappa shape index (κ1) is 45.3. The van der Waals surface area contributed by atoms with E-state index in [0.717, 1.165) is 37.8 Å². The number of ether oxygens (including phenoxy) is 7. The van der Waals surface area contributed by atoms with Crippen molar-refractivity contribution in [3.05, 3.63) is 11.3 Å². The number of rotatable bonds is 14. The quantitative estimate of drug-likeness (QED) is 0.124. The number of methoxy groups -OCH3 is 1. The van der Waals surface area contributed by atoms with E-state index in [1.807, 2.05) is 34.6 Å². The minimum Gasteiger partial charge on any atom is -0.488 e. The lowest BCUT2D eigenvalue weighted by atomic mass is 9.78. The summed E-state index contributed by atoms with van der Waals surface area (Å²) in [6, 6.07) is -0.254. The highest BCUT2D eigenvalue weighted by Gasteiger charge is 2.57. The molecular formula is C41H73NO12. The van der Waals surface area contributed by atoms with Crippen molar-refractivity contribution in [1.29, 1.82) is 0 Å². The maximum atomic E-state index is 14.4. The summed E-state index contributed by atoms with van der Waals surface area (Å²) in [6.07, 6.45) is -2.84. The number of fused-ring (bicyclic) bond motifs is 2. The number of aliphatic hydroxyl groups excluding tert-OH is 3. The van der Waals surface area contributed by atoms with Crippen LogP contribution in [0, 0.1) is 17.8 Å². The summed E-state index contributed by atoms with van der Waals surface area (Å²) < 4.78 is 45.2. The van der Waals surface area contributed by atoms with Crippen molar-refractivity contribution in [1.82, 2.24) is 5.32 Å². The number of cyclic esters (lactones) is 1. The molecule has 0 aromatic heterocycles. The van der Waals surface area contributed by atoms with E-state index in [-0.39, 0.29) is 25.0 Å². The molecule has 0 aliphatic carbocycles. The Hall–Kier alpha value is -1.39. The molecule has 5 N–H and O–H groups in total. The van der Waals surface area contributed by atoms with Crippen LogP contribution in [0.1, 0.15) is 128 Å². The zero-order valence-electron chi connectivity index (χ0n) is 35.0. The molecule has 13 nitrogen and oxygen atoms in total. The van der Waals surface area contributed by atoms with Gasteiger partial charge >= 0.3 is 5.97 Å². The maximum Gasteiger partial charge on any atom is 0.311 e. The Kier molecular flexibility index (Phi) is 15.5. The molecule has 13 heteroatoms. The molecular weight excluding hydrogens is 698 g/mol. The molecule has 4 rings (SSSR count). The van der Waals surface area contributed by atoms with E-state index in [1.54, 1.807) is 27.7 Å². The Morgan fingerprint density at radius 3 is 2.33 bits per heavy atom. The minimum atomic E-state index is -1.82. The second-order valence-corrected chi connectivity index (χ2v) is 17.4.